The molecule has 8 heteroatoms. The van der Waals surface area contributed by atoms with E-state index in [-0.39, 0.29) is 6.61 Å². The van der Waals surface area contributed by atoms with Crippen molar-refractivity contribution in [1.82, 2.24) is 4.90 Å². The van der Waals surface area contributed by atoms with Gasteiger partial charge in [0.25, 0.3) is 0 Å². The van der Waals surface area contributed by atoms with Crippen LogP contribution in [0.15, 0.2) is 0 Å². The predicted octanol–water partition coefficient (Wildman–Crippen LogP) is -0.150. The highest BCUT2D eigenvalue weighted by molar-refractivity contribution is 5.67. The van der Waals surface area contributed by atoms with Gasteiger partial charge in [0, 0.05) is 7.05 Å². The first kappa shape index (κ1) is 23.1. The Morgan fingerprint density at radius 2 is 1.62 bits per heavy atom. The fourth-order valence-corrected chi connectivity index (χ4v) is 2.44. The number of ether oxygens (including phenoxy) is 1. The minimum absolute atomic E-state index is 0.282. The molecule has 0 aliphatic rings. The largest absolute Gasteiger partial charge is 0.449 e. The average Bonchev–Trinajstić information content (AvgIpc) is 2.59. The quantitative estimate of drug-likeness (QED) is 0.309. The Kier molecular flexibility index (Phi) is 12.0. The summed E-state index contributed by atoms with van der Waals surface area (Å²) in [7, 11) is 1.44. The van der Waals surface area contributed by atoms with Crippen molar-refractivity contribution < 1.29 is 35.1 Å². The van der Waals surface area contributed by atoms with Gasteiger partial charge in [-0.15, -0.1) is 0 Å². The smallest absolute Gasteiger partial charge is 0.409 e. The minimum Gasteiger partial charge on any atom is -0.449 e. The number of rotatable bonds is 12. The molecule has 144 valence electrons. The zero-order chi connectivity index (χ0) is 18.7. The van der Waals surface area contributed by atoms with Crippen molar-refractivity contribution in [3.63, 3.8) is 0 Å². The summed E-state index contributed by atoms with van der Waals surface area (Å²) >= 11 is 0. The van der Waals surface area contributed by atoms with Crippen LogP contribution in [0.4, 0.5) is 4.79 Å². The molecule has 1 unspecified atom stereocenters. The van der Waals surface area contributed by atoms with Gasteiger partial charge in [0.15, 0.2) is 0 Å². The lowest BCUT2D eigenvalue weighted by molar-refractivity contribution is -0.129. The second-order valence-corrected chi connectivity index (χ2v) is 5.98. The Hall–Kier alpha value is -0.930. The second kappa shape index (κ2) is 12.4. The van der Waals surface area contributed by atoms with E-state index in [1.54, 1.807) is 6.92 Å². The number of unbranched alkanes of at least 4 members (excludes halogenated alkanes) is 3. The molecule has 0 aromatic rings. The Bertz CT molecular complexity index is 342. The lowest BCUT2D eigenvalue weighted by atomic mass is 9.96. The van der Waals surface area contributed by atoms with Crippen LogP contribution in [0.5, 0.6) is 0 Å². The van der Waals surface area contributed by atoms with Gasteiger partial charge in [0.05, 0.1) is 19.3 Å². The topological polar surface area (TPSA) is 131 Å². The number of hydrogen-bond acceptors (Lipinski definition) is 7. The number of aliphatic hydroxyl groups excluding tert-OH is 5. The highest BCUT2D eigenvalue weighted by Crippen LogP contribution is 2.16. The molecule has 0 heterocycles. The molecule has 1 amide bonds. The van der Waals surface area contributed by atoms with E-state index in [0.29, 0.717) is 6.42 Å². The van der Waals surface area contributed by atoms with E-state index in [1.165, 1.54) is 11.9 Å². The maximum absolute atomic E-state index is 12.0. The van der Waals surface area contributed by atoms with E-state index in [0.717, 1.165) is 25.7 Å². The predicted molar refractivity (Wildman–Crippen MR) is 88.4 cm³/mol. The minimum atomic E-state index is -1.72. The van der Waals surface area contributed by atoms with Gasteiger partial charge < -0.3 is 35.2 Å². The van der Waals surface area contributed by atoms with E-state index in [9.17, 15) is 25.2 Å². The van der Waals surface area contributed by atoms with Crippen LogP contribution in [0.3, 0.4) is 0 Å². The maximum atomic E-state index is 12.0. The lowest BCUT2D eigenvalue weighted by Crippen LogP contribution is -2.55. The highest BCUT2D eigenvalue weighted by Gasteiger charge is 2.37. The molecule has 8 nitrogen and oxygen atoms in total. The van der Waals surface area contributed by atoms with Gasteiger partial charge in [-0.1, -0.05) is 33.1 Å². The first-order valence-corrected chi connectivity index (χ1v) is 8.54. The molecule has 0 fully saturated rings. The standard InChI is InChI=1S/C16H33NO7/c1-4-6-7-8-9-24-16(23)17(3)11(5-2)13(20)15(22)14(21)12(19)10-18/h11-15,18-22H,4-10H2,1-3H3/t11?,12-,13+,14-,15-/m1/s1. The van der Waals surface area contributed by atoms with Crippen molar-refractivity contribution in [1.29, 1.82) is 0 Å². The normalized spacial score (nSPS) is 17.7. The summed E-state index contributed by atoms with van der Waals surface area (Å²) < 4.78 is 5.13. The van der Waals surface area contributed by atoms with Crippen molar-refractivity contribution in [2.24, 2.45) is 0 Å². The molecule has 0 rings (SSSR count). The van der Waals surface area contributed by atoms with Gasteiger partial charge in [-0.05, 0) is 12.8 Å². The molecule has 0 radical (unpaired) electrons. The van der Waals surface area contributed by atoms with E-state index < -0.39 is 43.2 Å². The lowest BCUT2D eigenvalue weighted by Gasteiger charge is -2.35. The van der Waals surface area contributed by atoms with Crippen molar-refractivity contribution in [2.45, 2.75) is 76.4 Å². The molecular formula is C16H33NO7. The number of aliphatic hydroxyl groups is 5. The van der Waals surface area contributed by atoms with Gasteiger partial charge >= 0.3 is 6.09 Å². The van der Waals surface area contributed by atoms with Gasteiger partial charge in [-0.25, -0.2) is 4.79 Å². The van der Waals surface area contributed by atoms with Crippen LogP contribution in [0.1, 0.15) is 46.0 Å². The zero-order valence-electron chi connectivity index (χ0n) is 14.8. The number of likely N-dealkylation sites (N-methyl/N-ethyl adjacent to an activating group) is 1. The first-order valence-electron chi connectivity index (χ1n) is 8.54. The Morgan fingerprint density at radius 1 is 1.00 bits per heavy atom. The molecule has 0 bridgehead atoms. The fraction of sp³-hybridized carbons (Fsp3) is 0.938. The van der Waals surface area contributed by atoms with Crippen molar-refractivity contribution in [2.75, 3.05) is 20.3 Å². The van der Waals surface area contributed by atoms with Crippen molar-refractivity contribution in [3.05, 3.63) is 0 Å². The van der Waals surface area contributed by atoms with Crippen LogP contribution in [-0.4, -0.2) is 87.2 Å². The fourth-order valence-electron chi connectivity index (χ4n) is 2.44. The average molecular weight is 351 g/mol. The van der Waals surface area contributed by atoms with Gasteiger partial charge in [0.2, 0.25) is 0 Å². The monoisotopic (exact) mass is 351 g/mol. The third-order valence-electron chi connectivity index (χ3n) is 4.10. The van der Waals surface area contributed by atoms with Crippen LogP contribution in [0, 0.1) is 0 Å². The van der Waals surface area contributed by atoms with E-state index in [4.69, 9.17) is 9.84 Å². The SMILES string of the molecule is CCCCCCOC(=O)N(C)C(CC)[C@H](O)[C@@H](O)[C@H](O)[C@H](O)CO. The summed E-state index contributed by atoms with van der Waals surface area (Å²) in [5.41, 5.74) is 0. The van der Waals surface area contributed by atoms with E-state index in [1.807, 2.05) is 0 Å². The summed E-state index contributed by atoms with van der Waals surface area (Å²) in [4.78, 5) is 13.2. The number of carbonyl (C=O) groups is 1. The molecule has 0 aromatic carbocycles. The van der Waals surface area contributed by atoms with Crippen LogP contribution in [0.25, 0.3) is 0 Å². The summed E-state index contributed by atoms with van der Waals surface area (Å²) in [6, 6.07) is -0.802. The second-order valence-electron chi connectivity index (χ2n) is 5.98. The Morgan fingerprint density at radius 3 is 2.12 bits per heavy atom. The Balaban J connectivity index is 4.59. The third kappa shape index (κ3) is 7.31. The number of hydrogen-bond donors (Lipinski definition) is 5. The molecule has 5 atom stereocenters. The summed E-state index contributed by atoms with van der Waals surface area (Å²) in [5.74, 6) is 0. The molecular weight excluding hydrogens is 318 g/mol. The summed E-state index contributed by atoms with van der Waals surface area (Å²) in [6.07, 6.45) is -2.95. The molecule has 24 heavy (non-hydrogen) atoms. The molecule has 5 N–H and O–H groups in total. The molecule has 0 aliphatic carbocycles. The molecule has 0 aliphatic heterocycles. The number of nitrogens with zero attached hydrogens (tertiary/aromatic N) is 1. The summed E-state index contributed by atoms with van der Waals surface area (Å²) in [5, 5.41) is 48.0. The number of carbonyl (C=O) groups excluding carboxylic acids is 1. The van der Waals surface area contributed by atoms with Crippen LogP contribution >= 0.6 is 0 Å². The van der Waals surface area contributed by atoms with E-state index in [2.05, 4.69) is 6.92 Å². The molecule has 0 saturated carbocycles. The first-order chi connectivity index (χ1) is 11.3. The van der Waals surface area contributed by atoms with E-state index >= 15 is 0 Å². The van der Waals surface area contributed by atoms with Crippen LogP contribution in [-0.2, 0) is 4.74 Å². The molecule has 0 spiro atoms. The number of amides is 1. The third-order valence-corrected chi connectivity index (χ3v) is 4.10. The van der Waals surface area contributed by atoms with Gasteiger partial charge in [-0.3, -0.25) is 0 Å². The zero-order valence-corrected chi connectivity index (χ0v) is 14.8. The van der Waals surface area contributed by atoms with Crippen molar-refractivity contribution >= 4 is 6.09 Å². The summed E-state index contributed by atoms with van der Waals surface area (Å²) in [6.45, 7) is 3.32. The van der Waals surface area contributed by atoms with Crippen LogP contribution < -0.4 is 0 Å². The van der Waals surface area contributed by atoms with Gasteiger partial charge in [0.1, 0.15) is 24.4 Å². The van der Waals surface area contributed by atoms with Gasteiger partial charge in [-0.2, -0.15) is 0 Å². The highest BCUT2D eigenvalue weighted by atomic mass is 16.6. The Labute approximate surface area is 143 Å². The van der Waals surface area contributed by atoms with Crippen LogP contribution in [0.2, 0.25) is 0 Å². The molecule has 0 aromatic heterocycles. The van der Waals surface area contributed by atoms with Crippen molar-refractivity contribution in [3.8, 4) is 0 Å². The maximum Gasteiger partial charge on any atom is 0.409 e. The molecule has 0 saturated heterocycles.